The highest BCUT2D eigenvalue weighted by molar-refractivity contribution is 5.44. The maximum Gasteiger partial charge on any atom is 0.231 e. The second kappa shape index (κ2) is 6.81. The van der Waals surface area contributed by atoms with E-state index in [1.165, 1.54) is 11.1 Å². The van der Waals surface area contributed by atoms with E-state index in [-0.39, 0.29) is 5.82 Å². The van der Waals surface area contributed by atoms with Crippen LogP contribution < -0.4 is 14.8 Å². The molecule has 4 heteroatoms. The highest BCUT2D eigenvalue weighted by atomic mass is 19.1. The summed E-state index contributed by atoms with van der Waals surface area (Å²) in [7, 11) is 0. The summed E-state index contributed by atoms with van der Waals surface area (Å²) < 4.78 is 24.0. The Bertz CT molecular complexity index is 701. The molecule has 24 heavy (non-hydrogen) atoms. The van der Waals surface area contributed by atoms with Gasteiger partial charge in [0.1, 0.15) is 5.82 Å². The summed E-state index contributed by atoms with van der Waals surface area (Å²) in [6.45, 7) is 2.37. The second-order valence-corrected chi connectivity index (χ2v) is 6.64. The van der Waals surface area contributed by atoms with Gasteiger partial charge in [0.15, 0.2) is 11.5 Å². The molecule has 0 amide bonds. The molecule has 0 spiro atoms. The molecule has 1 fully saturated rings. The van der Waals surface area contributed by atoms with Gasteiger partial charge in [-0.15, -0.1) is 0 Å². The van der Waals surface area contributed by atoms with E-state index >= 15 is 0 Å². The Morgan fingerprint density at radius 2 is 1.88 bits per heavy atom. The number of hydrogen-bond acceptors (Lipinski definition) is 3. The molecular formula is C20H22FNO2. The number of piperidine rings is 1. The summed E-state index contributed by atoms with van der Waals surface area (Å²) >= 11 is 0. The van der Waals surface area contributed by atoms with Gasteiger partial charge in [0.2, 0.25) is 6.79 Å². The Balaban J connectivity index is 1.44. The molecule has 1 saturated heterocycles. The Hall–Kier alpha value is -2.07. The summed E-state index contributed by atoms with van der Waals surface area (Å²) in [5.74, 6) is 2.59. The average Bonchev–Trinajstić information content (AvgIpc) is 3.09. The lowest BCUT2D eigenvalue weighted by Crippen LogP contribution is -2.35. The highest BCUT2D eigenvalue weighted by Crippen LogP contribution is 2.35. The number of nitrogens with one attached hydrogen (secondary N) is 1. The lowest BCUT2D eigenvalue weighted by molar-refractivity contribution is 0.174. The van der Waals surface area contributed by atoms with Gasteiger partial charge in [-0.2, -0.15) is 0 Å². The van der Waals surface area contributed by atoms with Crippen molar-refractivity contribution >= 4 is 0 Å². The number of benzene rings is 2. The van der Waals surface area contributed by atoms with E-state index in [2.05, 4.69) is 17.4 Å². The monoisotopic (exact) mass is 327 g/mol. The number of fused-ring (bicyclic) bond motifs is 1. The summed E-state index contributed by atoms with van der Waals surface area (Å²) in [5, 5.41) is 3.51. The van der Waals surface area contributed by atoms with Crippen LogP contribution in [0.1, 0.15) is 29.9 Å². The van der Waals surface area contributed by atoms with E-state index < -0.39 is 0 Å². The van der Waals surface area contributed by atoms with Crippen LogP contribution in [0.3, 0.4) is 0 Å². The van der Waals surface area contributed by atoms with Crippen LogP contribution in [0.5, 0.6) is 11.5 Å². The fourth-order valence-electron chi connectivity index (χ4n) is 3.82. The number of hydrogen-bond donors (Lipinski definition) is 1. The van der Waals surface area contributed by atoms with Crippen LogP contribution in [0.4, 0.5) is 4.39 Å². The first-order valence-corrected chi connectivity index (χ1v) is 8.64. The maximum absolute atomic E-state index is 13.2. The number of halogens is 1. The van der Waals surface area contributed by atoms with Crippen molar-refractivity contribution in [3.8, 4) is 11.5 Å². The molecule has 2 aromatic carbocycles. The first kappa shape index (κ1) is 15.5. The van der Waals surface area contributed by atoms with Crippen LogP contribution in [0.15, 0.2) is 42.5 Å². The molecule has 0 aromatic heterocycles. The average molecular weight is 327 g/mol. The zero-order chi connectivity index (χ0) is 16.4. The molecule has 2 atom stereocenters. The third-order valence-electron chi connectivity index (χ3n) is 5.15. The van der Waals surface area contributed by atoms with Gasteiger partial charge in [0, 0.05) is 0 Å². The lowest BCUT2D eigenvalue weighted by Gasteiger charge is -2.32. The van der Waals surface area contributed by atoms with Crippen molar-refractivity contribution < 1.29 is 13.9 Å². The maximum atomic E-state index is 13.2. The zero-order valence-corrected chi connectivity index (χ0v) is 13.6. The zero-order valence-electron chi connectivity index (χ0n) is 13.6. The lowest BCUT2D eigenvalue weighted by atomic mass is 9.78. The van der Waals surface area contributed by atoms with Crippen LogP contribution in [-0.2, 0) is 6.42 Å². The Kier molecular flexibility index (Phi) is 4.39. The number of rotatable bonds is 4. The van der Waals surface area contributed by atoms with Gasteiger partial charge in [-0.25, -0.2) is 4.39 Å². The molecular weight excluding hydrogens is 305 g/mol. The molecule has 0 saturated carbocycles. The summed E-state index contributed by atoms with van der Waals surface area (Å²) in [4.78, 5) is 0. The van der Waals surface area contributed by atoms with Crippen LogP contribution in [0.2, 0.25) is 0 Å². The largest absolute Gasteiger partial charge is 0.454 e. The molecule has 126 valence electrons. The van der Waals surface area contributed by atoms with E-state index in [0.717, 1.165) is 43.9 Å². The number of ether oxygens (including phenoxy) is 2. The van der Waals surface area contributed by atoms with Crippen molar-refractivity contribution in [2.45, 2.75) is 25.2 Å². The first-order valence-electron chi connectivity index (χ1n) is 8.64. The Morgan fingerprint density at radius 1 is 1.04 bits per heavy atom. The van der Waals surface area contributed by atoms with Crippen molar-refractivity contribution in [1.82, 2.24) is 5.32 Å². The van der Waals surface area contributed by atoms with Crippen LogP contribution in [-0.4, -0.2) is 19.9 Å². The molecule has 4 rings (SSSR count). The van der Waals surface area contributed by atoms with Gasteiger partial charge in [0.05, 0.1) is 0 Å². The molecule has 3 nitrogen and oxygen atoms in total. The number of aryl methyl sites for hydroxylation is 1. The summed E-state index contributed by atoms with van der Waals surface area (Å²) in [6.07, 6.45) is 3.23. The third-order valence-corrected chi connectivity index (χ3v) is 5.15. The summed E-state index contributed by atoms with van der Waals surface area (Å²) in [5.41, 5.74) is 2.54. The van der Waals surface area contributed by atoms with Crippen molar-refractivity contribution in [3.05, 3.63) is 59.4 Å². The van der Waals surface area contributed by atoms with Crippen LogP contribution >= 0.6 is 0 Å². The Labute approximate surface area is 141 Å². The minimum absolute atomic E-state index is 0.162. The normalized spacial score (nSPS) is 22.5. The van der Waals surface area contributed by atoms with E-state index in [1.54, 1.807) is 12.1 Å². The molecule has 0 aliphatic carbocycles. The molecule has 1 N–H and O–H groups in total. The van der Waals surface area contributed by atoms with E-state index in [1.807, 2.05) is 18.2 Å². The van der Waals surface area contributed by atoms with E-state index in [4.69, 9.17) is 9.47 Å². The standard InChI is InChI=1S/C20H22FNO2/c21-17-6-4-15(5-7-17)18-9-10-22-12-16(18)3-1-14-2-8-19-20(11-14)24-13-23-19/h2,4-8,11,16,18,22H,1,3,9-10,12-13H2/t16-,18?/m1/s1. The van der Waals surface area contributed by atoms with Gasteiger partial charge in [-0.3, -0.25) is 0 Å². The first-order chi connectivity index (χ1) is 11.8. The molecule has 0 bridgehead atoms. The van der Waals surface area contributed by atoms with Crippen LogP contribution in [0, 0.1) is 11.7 Å². The van der Waals surface area contributed by atoms with Crippen LogP contribution in [0.25, 0.3) is 0 Å². The predicted octanol–water partition coefficient (Wildman–Crippen LogP) is 3.88. The van der Waals surface area contributed by atoms with Gasteiger partial charge in [-0.1, -0.05) is 18.2 Å². The van der Waals surface area contributed by atoms with Crippen molar-refractivity contribution in [3.63, 3.8) is 0 Å². The molecule has 2 aliphatic rings. The van der Waals surface area contributed by atoms with Crippen molar-refractivity contribution in [2.24, 2.45) is 5.92 Å². The SMILES string of the molecule is Fc1ccc(C2CCNC[C@H]2CCc2ccc3c(c2)OCO3)cc1. The Morgan fingerprint density at radius 3 is 2.75 bits per heavy atom. The minimum Gasteiger partial charge on any atom is -0.454 e. The molecule has 2 aromatic rings. The van der Waals surface area contributed by atoms with E-state index in [9.17, 15) is 4.39 Å². The minimum atomic E-state index is -0.162. The molecule has 1 unspecified atom stereocenters. The van der Waals surface area contributed by atoms with Gasteiger partial charge in [0.25, 0.3) is 0 Å². The quantitative estimate of drug-likeness (QED) is 0.924. The fraction of sp³-hybridized carbons (Fsp3) is 0.400. The molecule has 2 aliphatic heterocycles. The summed E-state index contributed by atoms with van der Waals surface area (Å²) in [6, 6.07) is 13.2. The predicted molar refractivity (Wildman–Crippen MR) is 91.0 cm³/mol. The van der Waals surface area contributed by atoms with Gasteiger partial charge >= 0.3 is 0 Å². The molecule has 0 radical (unpaired) electrons. The fourth-order valence-corrected chi connectivity index (χ4v) is 3.82. The van der Waals surface area contributed by atoms with Crippen molar-refractivity contribution in [1.29, 1.82) is 0 Å². The second-order valence-electron chi connectivity index (χ2n) is 6.64. The van der Waals surface area contributed by atoms with E-state index in [0.29, 0.717) is 18.6 Å². The van der Waals surface area contributed by atoms with Gasteiger partial charge in [-0.05, 0) is 79.6 Å². The van der Waals surface area contributed by atoms with Gasteiger partial charge < -0.3 is 14.8 Å². The third kappa shape index (κ3) is 3.24. The molecule has 2 heterocycles. The highest BCUT2D eigenvalue weighted by Gasteiger charge is 2.26. The topological polar surface area (TPSA) is 30.5 Å². The smallest absolute Gasteiger partial charge is 0.231 e. The van der Waals surface area contributed by atoms with Crippen molar-refractivity contribution in [2.75, 3.05) is 19.9 Å².